The SMILES string of the molecule is C[C@@H](c1ccc(-c2ccc(C(=O)O)c(F)c2)cc1Cl)[C@](O)(c1ccc(=O)n2ccccc12)C(F)(F)F. The fraction of sp³-hybridized carbons (Fsp3) is 0.154. The number of halogens is 5. The first-order chi connectivity index (χ1) is 16.9. The Morgan fingerprint density at radius 1 is 1.00 bits per heavy atom. The maximum atomic E-state index is 14.5. The summed E-state index contributed by atoms with van der Waals surface area (Å²) in [5, 5.41) is 20.1. The van der Waals surface area contributed by atoms with Crippen LogP contribution in [0.4, 0.5) is 17.6 Å². The van der Waals surface area contributed by atoms with Crippen LogP contribution in [-0.4, -0.2) is 26.8 Å². The maximum absolute atomic E-state index is 14.5. The van der Waals surface area contributed by atoms with Crippen LogP contribution in [-0.2, 0) is 5.60 Å². The van der Waals surface area contributed by atoms with Crippen LogP contribution in [0.15, 0.2) is 77.7 Å². The lowest BCUT2D eigenvalue weighted by Gasteiger charge is -2.37. The molecule has 2 aromatic carbocycles. The molecule has 0 saturated carbocycles. The van der Waals surface area contributed by atoms with Crippen LogP contribution in [0, 0.1) is 5.82 Å². The van der Waals surface area contributed by atoms with Gasteiger partial charge in [0, 0.05) is 28.8 Å². The number of aromatic nitrogens is 1. The summed E-state index contributed by atoms with van der Waals surface area (Å²) in [5.41, 5.74) is -4.59. The summed E-state index contributed by atoms with van der Waals surface area (Å²) in [5.74, 6) is -4.04. The van der Waals surface area contributed by atoms with Gasteiger partial charge in [-0.25, -0.2) is 9.18 Å². The van der Waals surface area contributed by atoms with Crippen LogP contribution in [0.1, 0.15) is 34.3 Å². The molecule has 0 aliphatic rings. The van der Waals surface area contributed by atoms with E-state index in [0.717, 1.165) is 28.7 Å². The number of benzene rings is 2. The Bertz CT molecular complexity index is 1550. The minimum Gasteiger partial charge on any atom is -0.478 e. The van der Waals surface area contributed by atoms with Gasteiger partial charge in [0.15, 0.2) is 5.60 Å². The molecule has 0 radical (unpaired) electrons. The molecule has 0 aliphatic carbocycles. The van der Waals surface area contributed by atoms with Crippen molar-refractivity contribution in [2.45, 2.75) is 24.6 Å². The average Bonchev–Trinajstić information content (AvgIpc) is 2.82. The van der Waals surface area contributed by atoms with E-state index >= 15 is 0 Å². The molecule has 0 fully saturated rings. The molecular weight excluding hydrogens is 502 g/mol. The standard InChI is InChI=1S/C26H18ClF4NO4/c1-14(17-7-5-15(12-20(17)27)16-6-8-18(24(34)35)21(28)13-16)25(36,26(29,30)31)19-9-10-23(33)32-11-3-2-4-22(19)32/h2-14,36H,1H3,(H,34,35)/t14-,25-/m0/s1. The Labute approximate surface area is 206 Å². The number of hydrogen-bond donors (Lipinski definition) is 2. The topological polar surface area (TPSA) is 79.0 Å². The summed E-state index contributed by atoms with van der Waals surface area (Å²) in [6.07, 6.45) is -3.85. The van der Waals surface area contributed by atoms with Crippen LogP contribution in [0.25, 0.3) is 16.6 Å². The van der Waals surface area contributed by atoms with E-state index in [4.69, 9.17) is 16.7 Å². The number of alkyl halides is 3. The third-order valence-corrected chi connectivity index (χ3v) is 6.56. The summed E-state index contributed by atoms with van der Waals surface area (Å²) < 4.78 is 58.7. The highest BCUT2D eigenvalue weighted by molar-refractivity contribution is 6.31. The first kappa shape index (κ1) is 25.4. The number of nitrogens with zero attached hydrogens (tertiary/aromatic N) is 1. The van der Waals surface area contributed by atoms with Crippen LogP contribution in [0.5, 0.6) is 0 Å². The lowest BCUT2D eigenvalue weighted by molar-refractivity contribution is -0.274. The van der Waals surface area contributed by atoms with Crippen molar-refractivity contribution in [1.29, 1.82) is 0 Å². The Morgan fingerprint density at radius 3 is 2.28 bits per heavy atom. The lowest BCUT2D eigenvalue weighted by atomic mass is 9.77. The number of pyridine rings is 2. The van der Waals surface area contributed by atoms with Crippen molar-refractivity contribution in [2.24, 2.45) is 0 Å². The van der Waals surface area contributed by atoms with Crippen molar-refractivity contribution in [1.82, 2.24) is 4.40 Å². The normalized spacial score (nSPS) is 14.4. The van der Waals surface area contributed by atoms with Gasteiger partial charge in [0.05, 0.1) is 11.1 Å². The van der Waals surface area contributed by atoms with Crippen LogP contribution < -0.4 is 5.56 Å². The number of aromatic carboxylic acids is 1. The molecule has 0 amide bonds. The second-order valence-electron chi connectivity index (χ2n) is 8.26. The molecule has 0 spiro atoms. The summed E-state index contributed by atoms with van der Waals surface area (Å²) >= 11 is 6.36. The van der Waals surface area contributed by atoms with Crippen molar-refractivity contribution < 1.29 is 32.6 Å². The van der Waals surface area contributed by atoms with E-state index in [0.29, 0.717) is 5.56 Å². The number of carboxylic acids is 1. The van der Waals surface area contributed by atoms with Crippen molar-refractivity contribution in [2.75, 3.05) is 0 Å². The molecule has 0 aliphatic heterocycles. The highest BCUT2D eigenvalue weighted by atomic mass is 35.5. The molecule has 2 atom stereocenters. The zero-order chi connectivity index (χ0) is 26.4. The Morgan fingerprint density at radius 2 is 1.67 bits per heavy atom. The van der Waals surface area contributed by atoms with Gasteiger partial charge in [-0.2, -0.15) is 13.2 Å². The molecule has 4 aromatic rings. The largest absolute Gasteiger partial charge is 0.478 e. The quantitative estimate of drug-likeness (QED) is 0.316. The van der Waals surface area contributed by atoms with E-state index in [1.807, 2.05) is 0 Å². The van der Waals surface area contributed by atoms with E-state index in [2.05, 4.69) is 0 Å². The van der Waals surface area contributed by atoms with Gasteiger partial charge in [-0.05, 0) is 53.1 Å². The minimum atomic E-state index is -5.15. The van der Waals surface area contributed by atoms with Gasteiger partial charge in [-0.15, -0.1) is 0 Å². The van der Waals surface area contributed by atoms with Crippen molar-refractivity contribution in [3.8, 4) is 11.1 Å². The fourth-order valence-corrected chi connectivity index (χ4v) is 4.62. The predicted octanol–water partition coefficient (Wildman–Crippen LogP) is 6.01. The maximum Gasteiger partial charge on any atom is 0.422 e. The Balaban J connectivity index is 1.84. The van der Waals surface area contributed by atoms with E-state index in [-0.39, 0.29) is 21.7 Å². The van der Waals surface area contributed by atoms with Gasteiger partial charge in [-0.3, -0.25) is 9.20 Å². The molecule has 0 unspecified atom stereocenters. The number of carbonyl (C=O) groups is 1. The fourth-order valence-electron chi connectivity index (χ4n) is 4.28. The second-order valence-corrected chi connectivity index (χ2v) is 8.67. The summed E-state index contributed by atoms with van der Waals surface area (Å²) in [6, 6.07) is 13.6. The number of hydrogen-bond acceptors (Lipinski definition) is 3. The molecule has 0 bridgehead atoms. The monoisotopic (exact) mass is 519 g/mol. The molecule has 0 saturated heterocycles. The highest BCUT2D eigenvalue weighted by Crippen LogP contribution is 2.50. The molecule has 4 rings (SSSR count). The molecule has 2 heterocycles. The number of fused-ring (bicyclic) bond motifs is 1. The predicted molar refractivity (Wildman–Crippen MR) is 126 cm³/mol. The summed E-state index contributed by atoms with van der Waals surface area (Å²) in [6.45, 7) is 1.17. The van der Waals surface area contributed by atoms with Crippen LogP contribution in [0.3, 0.4) is 0 Å². The molecule has 5 nitrogen and oxygen atoms in total. The smallest absolute Gasteiger partial charge is 0.422 e. The molecular formula is C26H18ClF4NO4. The zero-order valence-corrected chi connectivity index (χ0v) is 19.3. The zero-order valence-electron chi connectivity index (χ0n) is 18.6. The third-order valence-electron chi connectivity index (χ3n) is 6.24. The van der Waals surface area contributed by atoms with Crippen molar-refractivity contribution in [3.63, 3.8) is 0 Å². The average molecular weight is 520 g/mol. The highest BCUT2D eigenvalue weighted by Gasteiger charge is 2.59. The van der Waals surface area contributed by atoms with E-state index in [9.17, 15) is 32.3 Å². The minimum absolute atomic E-state index is 0.0387. The molecule has 2 N–H and O–H groups in total. The Kier molecular flexibility index (Phi) is 6.40. The molecule has 36 heavy (non-hydrogen) atoms. The Hall–Kier alpha value is -3.69. The van der Waals surface area contributed by atoms with Gasteiger partial charge in [0.2, 0.25) is 0 Å². The number of carboxylic acid groups (broad SMARTS) is 1. The van der Waals surface area contributed by atoms with Gasteiger partial charge >= 0.3 is 12.1 Å². The van der Waals surface area contributed by atoms with Gasteiger partial charge in [0.1, 0.15) is 5.82 Å². The summed E-state index contributed by atoms with van der Waals surface area (Å²) in [7, 11) is 0. The van der Waals surface area contributed by atoms with Crippen molar-refractivity contribution in [3.05, 3.63) is 111 Å². The third kappa shape index (κ3) is 4.14. The second kappa shape index (κ2) is 9.07. The van der Waals surface area contributed by atoms with Crippen LogP contribution >= 0.6 is 11.6 Å². The van der Waals surface area contributed by atoms with Gasteiger partial charge in [-0.1, -0.05) is 42.8 Å². The summed E-state index contributed by atoms with van der Waals surface area (Å²) in [4.78, 5) is 23.2. The number of rotatable bonds is 5. The first-order valence-electron chi connectivity index (χ1n) is 10.6. The lowest BCUT2D eigenvalue weighted by Crippen LogP contribution is -2.47. The number of aliphatic hydroxyl groups is 1. The molecule has 2 aromatic heterocycles. The van der Waals surface area contributed by atoms with E-state index in [1.54, 1.807) is 0 Å². The molecule has 10 heteroatoms. The van der Waals surface area contributed by atoms with E-state index < -0.39 is 46.2 Å². The van der Waals surface area contributed by atoms with Gasteiger partial charge in [0.25, 0.3) is 5.56 Å². The van der Waals surface area contributed by atoms with Gasteiger partial charge < -0.3 is 10.2 Å². The first-order valence-corrected chi connectivity index (χ1v) is 11.0. The van der Waals surface area contributed by atoms with Crippen molar-refractivity contribution >= 4 is 23.1 Å². The van der Waals surface area contributed by atoms with Crippen LogP contribution in [0.2, 0.25) is 5.02 Å². The van der Waals surface area contributed by atoms with E-state index in [1.165, 1.54) is 55.6 Å². The molecule has 186 valence electrons.